The normalized spacial score (nSPS) is 35.9. The second-order valence-corrected chi connectivity index (χ2v) is 13.8. The van der Waals surface area contributed by atoms with Gasteiger partial charge >= 0.3 is 6.09 Å². The fraction of sp³-hybridized carbons (Fsp3) is 0.622. The summed E-state index contributed by atoms with van der Waals surface area (Å²) in [5.41, 5.74) is 6.00. The first-order valence-corrected chi connectivity index (χ1v) is 17.8. The number of ether oxygens (including phenoxy) is 5. The maximum Gasteiger partial charge on any atom is 0.405 e. The number of aliphatic hydroxyl groups is 5. The van der Waals surface area contributed by atoms with Gasteiger partial charge in [0.15, 0.2) is 12.4 Å². The monoisotopic (exact) mass is 765 g/mol. The largest absolute Gasteiger partial charge is 0.439 e. The van der Waals surface area contributed by atoms with E-state index >= 15 is 0 Å². The highest BCUT2D eigenvalue weighted by molar-refractivity contribution is 6.23. The van der Waals surface area contributed by atoms with E-state index in [-0.39, 0.29) is 60.9 Å². The Balaban J connectivity index is 1.90. The molecule has 0 aromatic carbocycles. The SMILES string of the molecule is COC1/C=C\C=C(/C)C(=O)NC2=CC(=O)C(NCCCO[C@@H]3O[C@@H](CO)[C@H](O)[C@H](O)[C@@H]3O)=C(C[C@@H](C)C[C@H](OC)[C@H](O)C(C)/C=C(\C)[C@@H]1OC(N)=O)C2=O. The van der Waals surface area contributed by atoms with E-state index < -0.39 is 91.2 Å². The number of aliphatic hydroxyl groups excluding tert-OH is 5. The zero-order valence-corrected chi connectivity index (χ0v) is 31.5. The van der Waals surface area contributed by atoms with Crippen LogP contribution in [0.25, 0.3) is 0 Å². The minimum Gasteiger partial charge on any atom is -0.439 e. The van der Waals surface area contributed by atoms with E-state index in [1.165, 1.54) is 33.3 Å². The molecule has 1 fully saturated rings. The van der Waals surface area contributed by atoms with Crippen LogP contribution in [0.5, 0.6) is 0 Å². The van der Waals surface area contributed by atoms with Crippen molar-refractivity contribution in [1.29, 1.82) is 0 Å². The predicted molar refractivity (Wildman–Crippen MR) is 192 cm³/mol. The topological polar surface area (TPSA) is 266 Å². The smallest absolute Gasteiger partial charge is 0.405 e. The van der Waals surface area contributed by atoms with E-state index in [9.17, 15) is 44.7 Å². The highest BCUT2D eigenvalue weighted by Crippen LogP contribution is 2.29. The van der Waals surface area contributed by atoms with Crippen molar-refractivity contribution in [2.24, 2.45) is 17.6 Å². The van der Waals surface area contributed by atoms with Crippen LogP contribution in [0.3, 0.4) is 0 Å². The molecule has 9 N–H and O–H groups in total. The number of ketones is 2. The van der Waals surface area contributed by atoms with Gasteiger partial charge in [0.1, 0.15) is 30.5 Å². The molecule has 1 aliphatic carbocycles. The van der Waals surface area contributed by atoms with E-state index in [0.717, 1.165) is 6.08 Å². The number of methoxy groups -OCH3 is 2. The van der Waals surface area contributed by atoms with Gasteiger partial charge in [-0.25, -0.2) is 4.79 Å². The van der Waals surface area contributed by atoms with Gasteiger partial charge in [-0.05, 0) is 44.6 Å². The number of carbonyl (C=O) groups is 4. The molecule has 3 aliphatic rings. The maximum atomic E-state index is 13.9. The molecule has 1 saturated heterocycles. The first-order valence-electron chi connectivity index (χ1n) is 17.8. The van der Waals surface area contributed by atoms with Crippen molar-refractivity contribution in [2.45, 2.75) is 102 Å². The summed E-state index contributed by atoms with van der Waals surface area (Å²) >= 11 is 0. The Kier molecular flexibility index (Phi) is 17.2. The Bertz CT molecular complexity index is 1500. The summed E-state index contributed by atoms with van der Waals surface area (Å²) in [5.74, 6) is -2.63. The molecule has 0 aromatic rings. The molecule has 0 radical (unpaired) electrons. The summed E-state index contributed by atoms with van der Waals surface area (Å²) in [6.45, 7) is 6.29. The molecule has 3 rings (SSSR count). The highest BCUT2D eigenvalue weighted by Gasteiger charge is 2.44. The van der Waals surface area contributed by atoms with Crippen molar-refractivity contribution in [3.05, 3.63) is 58.5 Å². The third-order valence-corrected chi connectivity index (χ3v) is 9.55. The number of Topliss-reactive ketones (excluding diaryl/α,β-unsaturated/α-hetero) is 1. The Morgan fingerprint density at radius 1 is 1.04 bits per heavy atom. The highest BCUT2D eigenvalue weighted by atomic mass is 16.7. The van der Waals surface area contributed by atoms with Gasteiger partial charge in [0.2, 0.25) is 11.6 Å². The fourth-order valence-corrected chi connectivity index (χ4v) is 6.47. The van der Waals surface area contributed by atoms with Crippen LogP contribution in [-0.4, -0.2) is 138 Å². The Morgan fingerprint density at radius 2 is 1.74 bits per heavy atom. The van der Waals surface area contributed by atoms with Crippen molar-refractivity contribution in [3.8, 4) is 0 Å². The number of fused-ring (bicyclic) bond motifs is 2. The minimum atomic E-state index is -1.60. The van der Waals surface area contributed by atoms with Crippen molar-refractivity contribution in [1.82, 2.24) is 10.6 Å². The molecule has 17 heteroatoms. The van der Waals surface area contributed by atoms with E-state index in [0.29, 0.717) is 5.57 Å². The van der Waals surface area contributed by atoms with Crippen LogP contribution in [0.15, 0.2) is 58.5 Å². The van der Waals surface area contributed by atoms with Gasteiger partial charge in [-0.1, -0.05) is 38.2 Å². The Labute approximate surface area is 314 Å². The van der Waals surface area contributed by atoms with Gasteiger partial charge in [-0.3, -0.25) is 14.4 Å². The Hall–Kier alpha value is -3.78. The number of hydrogen-bond acceptors (Lipinski definition) is 15. The zero-order chi connectivity index (χ0) is 40.3. The third-order valence-electron chi connectivity index (χ3n) is 9.55. The molecule has 302 valence electrons. The molecule has 2 aliphatic heterocycles. The van der Waals surface area contributed by atoms with Crippen LogP contribution in [0.2, 0.25) is 0 Å². The standard InChI is InChI=1S/C37H55N3O14/c1-18-13-22-28(39-11-8-12-52-36-33(47)32(46)31(45)27(17-41)53-36)24(42)16-23(30(22)44)40-35(48)19(2)9-7-10-25(50-5)34(54-37(38)49)21(4)15-20(3)29(43)26(14-18)51-6/h7,9-10,15-16,18,20,25-27,29,31-34,36,39,41,43,45-47H,8,11-14,17H2,1-6H3,(H2,38,49)(H,40,48)/b10-7-,19-9+,21-15+/t18-,20?,25?,26+,27+,29-,31+,32+,33+,34+,36-/m1/s1. The zero-order valence-electron chi connectivity index (χ0n) is 31.5. The molecule has 0 spiro atoms. The second kappa shape index (κ2) is 20.8. The van der Waals surface area contributed by atoms with Gasteiger partial charge in [-0.2, -0.15) is 0 Å². The molecule has 11 atom stereocenters. The minimum absolute atomic E-state index is 0.0197. The molecule has 17 nitrogen and oxygen atoms in total. The summed E-state index contributed by atoms with van der Waals surface area (Å²) in [6.07, 6.45) is -3.89. The number of carbonyl (C=O) groups excluding carboxylic acids is 4. The molecule has 2 bridgehead atoms. The quantitative estimate of drug-likeness (QED) is 0.0796. The van der Waals surface area contributed by atoms with E-state index in [1.54, 1.807) is 26.0 Å². The number of amides is 2. The van der Waals surface area contributed by atoms with Crippen molar-refractivity contribution in [2.75, 3.05) is 34.0 Å². The average molecular weight is 766 g/mol. The van der Waals surface area contributed by atoms with E-state index in [2.05, 4.69) is 10.6 Å². The first kappa shape index (κ1) is 44.6. The summed E-state index contributed by atoms with van der Waals surface area (Å²) < 4.78 is 27.5. The average Bonchev–Trinajstić information content (AvgIpc) is 3.13. The van der Waals surface area contributed by atoms with Crippen LogP contribution < -0.4 is 16.4 Å². The van der Waals surface area contributed by atoms with Gasteiger partial charge in [0.05, 0.1) is 36.8 Å². The fourth-order valence-electron chi connectivity index (χ4n) is 6.47. The Morgan fingerprint density at radius 3 is 2.37 bits per heavy atom. The summed E-state index contributed by atoms with van der Waals surface area (Å²) in [6, 6.07) is 0. The molecule has 2 amide bonds. The van der Waals surface area contributed by atoms with Gasteiger partial charge < -0.3 is 65.6 Å². The second-order valence-electron chi connectivity index (χ2n) is 13.8. The molecule has 0 aromatic heterocycles. The molecular weight excluding hydrogens is 710 g/mol. The van der Waals surface area contributed by atoms with Crippen molar-refractivity contribution >= 4 is 23.6 Å². The molecule has 2 unspecified atom stereocenters. The summed E-state index contributed by atoms with van der Waals surface area (Å²) in [4.78, 5) is 52.4. The molecular formula is C37H55N3O14. The van der Waals surface area contributed by atoms with Crippen molar-refractivity contribution in [3.63, 3.8) is 0 Å². The predicted octanol–water partition coefficient (Wildman–Crippen LogP) is -0.442. The number of nitrogens with one attached hydrogen (secondary N) is 2. The summed E-state index contributed by atoms with van der Waals surface area (Å²) in [5, 5.41) is 56.6. The van der Waals surface area contributed by atoms with Crippen LogP contribution in [0, 0.1) is 11.8 Å². The molecule has 2 heterocycles. The van der Waals surface area contributed by atoms with E-state index in [1.807, 2.05) is 6.92 Å². The van der Waals surface area contributed by atoms with Crippen LogP contribution >= 0.6 is 0 Å². The number of rotatable bonds is 10. The maximum absolute atomic E-state index is 13.9. The lowest BCUT2D eigenvalue weighted by Crippen LogP contribution is -2.59. The number of hydrogen-bond donors (Lipinski definition) is 8. The van der Waals surface area contributed by atoms with Gasteiger partial charge in [-0.15, -0.1) is 0 Å². The van der Waals surface area contributed by atoms with Crippen molar-refractivity contribution < 1.29 is 68.4 Å². The number of nitrogens with two attached hydrogens (primary N) is 1. The molecule has 54 heavy (non-hydrogen) atoms. The lowest BCUT2D eigenvalue weighted by molar-refractivity contribution is -0.301. The number of primary amides is 1. The lowest BCUT2D eigenvalue weighted by atomic mass is 9.85. The molecule has 0 saturated carbocycles. The van der Waals surface area contributed by atoms with Gasteiger partial charge in [0.25, 0.3) is 5.91 Å². The van der Waals surface area contributed by atoms with Gasteiger partial charge in [0, 0.05) is 43.9 Å². The third kappa shape index (κ3) is 11.6. The van der Waals surface area contributed by atoms with E-state index in [4.69, 9.17) is 29.4 Å². The first-order chi connectivity index (χ1) is 25.5. The van der Waals surface area contributed by atoms with Crippen LogP contribution in [0.1, 0.15) is 47.0 Å². The number of allylic oxidation sites excluding steroid dienone is 4. The summed E-state index contributed by atoms with van der Waals surface area (Å²) in [7, 11) is 2.85. The lowest BCUT2D eigenvalue weighted by Gasteiger charge is -2.39. The van der Waals surface area contributed by atoms with Crippen LogP contribution in [0.4, 0.5) is 4.79 Å². The van der Waals surface area contributed by atoms with Crippen LogP contribution in [-0.2, 0) is 38.1 Å².